The average molecular weight is 222 g/mol. The van der Waals surface area contributed by atoms with E-state index in [1.165, 1.54) is 12.8 Å². The van der Waals surface area contributed by atoms with Crippen molar-refractivity contribution in [3.8, 4) is 0 Å². The Hall–Kier alpha value is -1.36. The Morgan fingerprint density at radius 2 is 2.44 bits per heavy atom. The number of aromatic amines is 1. The van der Waals surface area contributed by atoms with Gasteiger partial charge in [-0.2, -0.15) is 0 Å². The molecule has 0 aliphatic heterocycles. The molecule has 0 radical (unpaired) electrons. The molecular weight excluding hydrogens is 204 g/mol. The first-order valence-corrected chi connectivity index (χ1v) is 5.80. The van der Waals surface area contributed by atoms with E-state index in [0.717, 1.165) is 24.7 Å². The lowest BCUT2D eigenvalue weighted by atomic mass is 10.4. The van der Waals surface area contributed by atoms with E-state index in [2.05, 4.69) is 20.6 Å². The molecular formula is C11H18N4O. The molecule has 1 amide bonds. The smallest absolute Gasteiger partial charge is 0.233 e. The SMILES string of the molecule is O=C(CNCC1CC1)NCCc1ncc[nH]1. The monoisotopic (exact) mass is 222 g/mol. The van der Waals surface area contributed by atoms with E-state index >= 15 is 0 Å². The Morgan fingerprint density at radius 1 is 1.56 bits per heavy atom. The van der Waals surface area contributed by atoms with Gasteiger partial charge in [-0.1, -0.05) is 0 Å². The van der Waals surface area contributed by atoms with Crippen LogP contribution in [0.3, 0.4) is 0 Å². The third-order valence-electron chi connectivity index (χ3n) is 2.65. The van der Waals surface area contributed by atoms with Crippen molar-refractivity contribution in [3.05, 3.63) is 18.2 Å². The molecule has 1 aliphatic rings. The second-order valence-corrected chi connectivity index (χ2v) is 4.21. The number of imidazole rings is 1. The van der Waals surface area contributed by atoms with Crippen molar-refractivity contribution >= 4 is 5.91 Å². The van der Waals surface area contributed by atoms with Gasteiger partial charge in [-0.25, -0.2) is 4.98 Å². The highest BCUT2D eigenvalue weighted by Crippen LogP contribution is 2.27. The van der Waals surface area contributed by atoms with Gasteiger partial charge in [0, 0.05) is 25.4 Å². The van der Waals surface area contributed by atoms with E-state index in [0.29, 0.717) is 13.1 Å². The van der Waals surface area contributed by atoms with Crippen LogP contribution in [0.2, 0.25) is 0 Å². The summed E-state index contributed by atoms with van der Waals surface area (Å²) < 4.78 is 0. The average Bonchev–Trinajstić information content (AvgIpc) is 2.94. The Labute approximate surface area is 95.0 Å². The normalized spacial score (nSPS) is 15.0. The fraction of sp³-hybridized carbons (Fsp3) is 0.636. The fourth-order valence-electron chi connectivity index (χ4n) is 1.53. The second kappa shape index (κ2) is 5.65. The number of H-pyrrole nitrogens is 1. The van der Waals surface area contributed by atoms with Crippen LogP contribution in [0.1, 0.15) is 18.7 Å². The Balaban J connectivity index is 1.49. The van der Waals surface area contributed by atoms with E-state index < -0.39 is 0 Å². The van der Waals surface area contributed by atoms with Crippen LogP contribution in [0.4, 0.5) is 0 Å². The lowest BCUT2D eigenvalue weighted by Gasteiger charge is -2.05. The Morgan fingerprint density at radius 3 is 3.12 bits per heavy atom. The van der Waals surface area contributed by atoms with E-state index in [1.807, 2.05) is 0 Å². The Kier molecular flexibility index (Phi) is 3.93. The molecule has 0 aromatic carbocycles. The van der Waals surface area contributed by atoms with Gasteiger partial charge in [-0.05, 0) is 25.3 Å². The number of carbonyl (C=O) groups is 1. The van der Waals surface area contributed by atoms with Gasteiger partial charge in [-0.15, -0.1) is 0 Å². The minimum atomic E-state index is 0.0622. The van der Waals surface area contributed by atoms with E-state index in [1.54, 1.807) is 12.4 Å². The Bertz CT molecular complexity index is 319. The molecule has 1 aliphatic carbocycles. The van der Waals surface area contributed by atoms with Crippen molar-refractivity contribution in [2.24, 2.45) is 5.92 Å². The number of carbonyl (C=O) groups excluding carboxylic acids is 1. The molecule has 1 aromatic rings. The lowest BCUT2D eigenvalue weighted by molar-refractivity contribution is -0.120. The number of amides is 1. The minimum absolute atomic E-state index is 0.0622. The molecule has 88 valence electrons. The molecule has 0 unspecified atom stereocenters. The van der Waals surface area contributed by atoms with Crippen molar-refractivity contribution in [3.63, 3.8) is 0 Å². The van der Waals surface area contributed by atoms with Gasteiger partial charge in [0.25, 0.3) is 0 Å². The predicted molar refractivity (Wildman–Crippen MR) is 60.9 cm³/mol. The van der Waals surface area contributed by atoms with Crippen molar-refractivity contribution < 1.29 is 4.79 Å². The summed E-state index contributed by atoms with van der Waals surface area (Å²) in [7, 11) is 0. The molecule has 0 bridgehead atoms. The minimum Gasteiger partial charge on any atom is -0.355 e. The largest absolute Gasteiger partial charge is 0.355 e. The second-order valence-electron chi connectivity index (χ2n) is 4.21. The zero-order valence-electron chi connectivity index (χ0n) is 9.33. The summed E-state index contributed by atoms with van der Waals surface area (Å²) in [4.78, 5) is 18.5. The molecule has 0 saturated heterocycles. The molecule has 2 rings (SSSR count). The first-order valence-electron chi connectivity index (χ1n) is 5.80. The molecule has 1 fully saturated rings. The maximum absolute atomic E-state index is 11.4. The number of nitrogens with one attached hydrogen (secondary N) is 3. The highest BCUT2D eigenvalue weighted by atomic mass is 16.1. The zero-order chi connectivity index (χ0) is 11.2. The summed E-state index contributed by atoms with van der Waals surface area (Å²) in [5.41, 5.74) is 0. The molecule has 1 heterocycles. The summed E-state index contributed by atoms with van der Waals surface area (Å²) in [5.74, 6) is 1.79. The standard InChI is InChI=1S/C11H18N4O/c16-11(8-12-7-9-1-2-9)15-4-3-10-13-5-6-14-10/h5-6,9,12H,1-4,7-8H2,(H,13,14)(H,15,16). The van der Waals surface area contributed by atoms with Crippen molar-refractivity contribution in [2.75, 3.05) is 19.6 Å². The molecule has 5 heteroatoms. The highest BCUT2D eigenvalue weighted by Gasteiger charge is 2.20. The molecule has 0 spiro atoms. The summed E-state index contributed by atoms with van der Waals surface area (Å²) >= 11 is 0. The van der Waals surface area contributed by atoms with Crippen molar-refractivity contribution in [1.29, 1.82) is 0 Å². The van der Waals surface area contributed by atoms with E-state index in [9.17, 15) is 4.79 Å². The number of rotatable bonds is 7. The van der Waals surface area contributed by atoms with Gasteiger partial charge in [0.2, 0.25) is 5.91 Å². The molecule has 5 nitrogen and oxygen atoms in total. The summed E-state index contributed by atoms with van der Waals surface area (Å²) in [6.07, 6.45) is 6.88. The van der Waals surface area contributed by atoms with Crippen LogP contribution in [0.15, 0.2) is 12.4 Å². The molecule has 0 atom stereocenters. The van der Waals surface area contributed by atoms with Gasteiger partial charge in [0.15, 0.2) is 0 Å². The van der Waals surface area contributed by atoms with Crippen LogP contribution < -0.4 is 10.6 Å². The van der Waals surface area contributed by atoms with Crippen LogP contribution in [-0.4, -0.2) is 35.5 Å². The van der Waals surface area contributed by atoms with Crippen molar-refractivity contribution in [1.82, 2.24) is 20.6 Å². The van der Waals surface area contributed by atoms with Crippen molar-refractivity contribution in [2.45, 2.75) is 19.3 Å². The van der Waals surface area contributed by atoms with E-state index in [-0.39, 0.29) is 5.91 Å². The first-order chi connectivity index (χ1) is 7.84. The predicted octanol–water partition coefficient (Wildman–Crippen LogP) is 0.0680. The number of hydrogen-bond acceptors (Lipinski definition) is 3. The quantitative estimate of drug-likeness (QED) is 0.611. The van der Waals surface area contributed by atoms with Crippen LogP contribution in [0, 0.1) is 5.92 Å². The van der Waals surface area contributed by atoms with Gasteiger partial charge < -0.3 is 15.6 Å². The maximum Gasteiger partial charge on any atom is 0.233 e. The van der Waals surface area contributed by atoms with Crippen LogP contribution >= 0.6 is 0 Å². The number of aromatic nitrogens is 2. The highest BCUT2D eigenvalue weighted by molar-refractivity contribution is 5.77. The fourth-order valence-corrected chi connectivity index (χ4v) is 1.53. The zero-order valence-corrected chi connectivity index (χ0v) is 9.33. The summed E-state index contributed by atoms with van der Waals surface area (Å²) in [6.45, 7) is 2.04. The van der Waals surface area contributed by atoms with Crippen LogP contribution in [0.5, 0.6) is 0 Å². The third-order valence-corrected chi connectivity index (χ3v) is 2.65. The van der Waals surface area contributed by atoms with Crippen LogP contribution in [-0.2, 0) is 11.2 Å². The first kappa shape index (κ1) is 11.1. The number of nitrogens with zero attached hydrogens (tertiary/aromatic N) is 1. The topological polar surface area (TPSA) is 69.8 Å². The molecule has 16 heavy (non-hydrogen) atoms. The maximum atomic E-state index is 11.4. The van der Waals surface area contributed by atoms with E-state index in [4.69, 9.17) is 0 Å². The van der Waals surface area contributed by atoms with Gasteiger partial charge >= 0.3 is 0 Å². The van der Waals surface area contributed by atoms with Crippen LogP contribution in [0.25, 0.3) is 0 Å². The summed E-state index contributed by atoms with van der Waals surface area (Å²) in [6, 6.07) is 0. The van der Waals surface area contributed by atoms with Gasteiger partial charge in [-0.3, -0.25) is 4.79 Å². The molecule has 1 saturated carbocycles. The van der Waals surface area contributed by atoms with Gasteiger partial charge in [0.1, 0.15) is 5.82 Å². The van der Waals surface area contributed by atoms with Gasteiger partial charge in [0.05, 0.1) is 6.54 Å². The summed E-state index contributed by atoms with van der Waals surface area (Å²) in [5, 5.41) is 6.01. The molecule has 3 N–H and O–H groups in total. The lowest BCUT2D eigenvalue weighted by Crippen LogP contribution is -2.35. The third kappa shape index (κ3) is 4.02. The molecule has 1 aromatic heterocycles. The number of hydrogen-bond donors (Lipinski definition) is 3.